The van der Waals surface area contributed by atoms with Crippen LogP contribution in [0.4, 0.5) is 0 Å². The predicted molar refractivity (Wildman–Crippen MR) is 59.5 cm³/mol. The number of ether oxygens (including phenoxy) is 2. The lowest BCUT2D eigenvalue weighted by Gasteiger charge is -2.07. The summed E-state index contributed by atoms with van der Waals surface area (Å²) in [5.41, 5.74) is -0.216. The molecule has 0 spiro atoms. The minimum Gasteiger partial charge on any atom is -0.480 e. The molecule has 0 amide bonds. The molecule has 0 aromatic carbocycles. The monoisotopic (exact) mass is 236 g/mol. The van der Waals surface area contributed by atoms with Gasteiger partial charge in [-0.1, -0.05) is 12.2 Å². The molecule has 0 heterocycles. The first-order valence-electron chi connectivity index (χ1n) is 4.01. The van der Waals surface area contributed by atoms with Crippen molar-refractivity contribution in [2.24, 2.45) is 0 Å². The maximum absolute atomic E-state index is 11.2. The second kappa shape index (κ2) is 6.67. The summed E-state index contributed by atoms with van der Waals surface area (Å²) in [6.45, 7) is 3.73. The summed E-state index contributed by atoms with van der Waals surface area (Å²) in [5.74, 6) is -1.29. The van der Waals surface area contributed by atoms with Gasteiger partial charge in [0.15, 0.2) is 5.57 Å². The first-order chi connectivity index (χ1) is 6.54. The van der Waals surface area contributed by atoms with Gasteiger partial charge >= 0.3 is 5.97 Å². The van der Waals surface area contributed by atoms with Crippen LogP contribution in [0.15, 0.2) is 11.5 Å². The number of hydrogen-bond acceptors (Lipinski definition) is 5. The third kappa shape index (κ3) is 3.97. The summed E-state index contributed by atoms with van der Waals surface area (Å²) in [6, 6.07) is 0. The molecule has 1 N–H and O–H groups in total. The number of aliphatic hydroxyl groups excluding tert-OH is 1. The van der Waals surface area contributed by atoms with E-state index in [9.17, 15) is 9.90 Å². The Hall–Kier alpha value is -0.750. The van der Waals surface area contributed by atoms with Crippen molar-refractivity contribution in [2.45, 2.75) is 13.8 Å². The Morgan fingerprint density at radius 2 is 1.86 bits per heavy atom. The van der Waals surface area contributed by atoms with Gasteiger partial charge in [-0.25, -0.2) is 4.79 Å². The van der Waals surface area contributed by atoms with Crippen LogP contribution in [-0.2, 0) is 14.3 Å². The summed E-state index contributed by atoms with van der Waals surface area (Å²) >= 11 is 8.45. The normalized spacial score (nSPS) is 11.6. The summed E-state index contributed by atoms with van der Waals surface area (Å²) in [4.78, 5) is 11.2. The number of rotatable bonds is 5. The smallest absolute Gasteiger partial charge is 0.347 e. The minimum atomic E-state index is -0.738. The second-order valence-corrected chi connectivity index (χ2v) is 3.30. The fourth-order valence-electron chi connectivity index (χ4n) is 0.678. The van der Waals surface area contributed by atoms with Gasteiger partial charge in [-0.2, -0.15) is 0 Å². The van der Waals surface area contributed by atoms with Crippen LogP contribution < -0.4 is 0 Å². The number of thiol groups is 1. The Morgan fingerprint density at radius 1 is 1.36 bits per heavy atom. The van der Waals surface area contributed by atoms with Gasteiger partial charge in [0, 0.05) is 0 Å². The Morgan fingerprint density at radius 3 is 2.21 bits per heavy atom. The Kier molecular flexibility index (Phi) is 6.31. The van der Waals surface area contributed by atoms with Crippen molar-refractivity contribution in [3.63, 3.8) is 0 Å². The number of thiocarbonyl (C=S) groups is 1. The standard InChI is InChI=1S/C8H12O4S2/c1-3-11-6(9)5(8(13)14)7(10)12-4-2/h9H,3-4H2,1-2H3,(H,13,14)/b6-5+. The molecule has 0 aliphatic rings. The van der Waals surface area contributed by atoms with Gasteiger partial charge in [-0.05, 0) is 13.8 Å². The summed E-state index contributed by atoms with van der Waals surface area (Å²) in [6.07, 6.45) is 0. The zero-order valence-electron chi connectivity index (χ0n) is 7.94. The van der Waals surface area contributed by atoms with E-state index in [1.165, 1.54) is 0 Å². The molecule has 0 unspecified atom stereocenters. The lowest BCUT2D eigenvalue weighted by atomic mass is 10.3. The average Bonchev–Trinajstić information content (AvgIpc) is 2.04. The second-order valence-electron chi connectivity index (χ2n) is 2.14. The molecule has 0 saturated heterocycles. The highest BCUT2D eigenvalue weighted by molar-refractivity contribution is 8.12. The zero-order chi connectivity index (χ0) is 11.1. The number of aliphatic hydroxyl groups is 1. The van der Waals surface area contributed by atoms with E-state index in [2.05, 4.69) is 29.6 Å². The van der Waals surface area contributed by atoms with Gasteiger partial charge in [-0.3, -0.25) is 0 Å². The van der Waals surface area contributed by atoms with Gasteiger partial charge in [0.05, 0.1) is 17.4 Å². The molecule has 0 rings (SSSR count). The summed E-state index contributed by atoms with van der Waals surface area (Å²) < 4.78 is 9.33. The summed E-state index contributed by atoms with van der Waals surface area (Å²) in [7, 11) is 0. The number of carbonyl (C=O) groups is 1. The van der Waals surface area contributed by atoms with Gasteiger partial charge in [0.2, 0.25) is 0 Å². The van der Waals surface area contributed by atoms with Crippen molar-refractivity contribution in [1.82, 2.24) is 0 Å². The van der Waals surface area contributed by atoms with Crippen LogP contribution in [0.1, 0.15) is 13.8 Å². The van der Waals surface area contributed by atoms with Crippen LogP contribution in [0.2, 0.25) is 0 Å². The third-order valence-electron chi connectivity index (χ3n) is 1.19. The maximum atomic E-state index is 11.2. The molecular weight excluding hydrogens is 224 g/mol. The van der Waals surface area contributed by atoms with Crippen LogP contribution in [-0.4, -0.2) is 28.5 Å². The summed E-state index contributed by atoms with van der Waals surface area (Å²) in [5, 5.41) is 9.30. The van der Waals surface area contributed by atoms with Crippen molar-refractivity contribution in [2.75, 3.05) is 13.2 Å². The fourth-order valence-corrected chi connectivity index (χ4v) is 1.04. The van der Waals surface area contributed by atoms with Crippen molar-refractivity contribution in [1.29, 1.82) is 0 Å². The molecular formula is C8H12O4S2. The molecule has 0 bridgehead atoms. The van der Waals surface area contributed by atoms with E-state index in [0.29, 0.717) is 0 Å². The first kappa shape index (κ1) is 13.2. The average molecular weight is 236 g/mol. The molecule has 0 aliphatic heterocycles. The molecule has 0 aliphatic carbocycles. The molecule has 0 saturated carbocycles. The Bertz CT molecular complexity index is 260. The predicted octanol–water partition coefficient (Wildman–Crippen LogP) is 1.61. The quantitative estimate of drug-likeness (QED) is 0.250. The van der Waals surface area contributed by atoms with Crippen molar-refractivity contribution < 1.29 is 19.4 Å². The minimum absolute atomic E-state index is 0.0607. The van der Waals surface area contributed by atoms with Gasteiger partial charge in [0.25, 0.3) is 5.95 Å². The molecule has 0 fully saturated rings. The highest BCUT2D eigenvalue weighted by Gasteiger charge is 2.20. The molecule has 80 valence electrons. The van der Waals surface area contributed by atoms with E-state index in [1.54, 1.807) is 13.8 Å². The highest BCUT2D eigenvalue weighted by Crippen LogP contribution is 2.11. The number of esters is 1. The molecule has 0 aromatic heterocycles. The highest BCUT2D eigenvalue weighted by atomic mass is 32.1. The van der Waals surface area contributed by atoms with E-state index < -0.39 is 11.9 Å². The van der Waals surface area contributed by atoms with Crippen molar-refractivity contribution >= 4 is 35.0 Å². The lowest BCUT2D eigenvalue weighted by Crippen LogP contribution is -2.15. The van der Waals surface area contributed by atoms with Crippen LogP contribution in [0.3, 0.4) is 0 Å². The molecule has 0 aromatic rings. The van der Waals surface area contributed by atoms with E-state index in [0.717, 1.165) is 0 Å². The first-order valence-corrected chi connectivity index (χ1v) is 4.86. The van der Waals surface area contributed by atoms with E-state index in [-0.39, 0.29) is 23.0 Å². The SMILES string of the molecule is CCOC(=O)/C(C(=S)S)=C(/O)OCC. The van der Waals surface area contributed by atoms with Crippen LogP contribution in [0.25, 0.3) is 0 Å². The van der Waals surface area contributed by atoms with Gasteiger partial charge < -0.3 is 14.6 Å². The number of carbonyl (C=O) groups excluding carboxylic acids is 1. The van der Waals surface area contributed by atoms with Crippen LogP contribution >= 0.6 is 24.8 Å². The van der Waals surface area contributed by atoms with Crippen LogP contribution in [0.5, 0.6) is 0 Å². The third-order valence-corrected chi connectivity index (χ3v) is 1.62. The Labute approximate surface area is 93.3 Å². The van der Waals surface area contributed by atoms with Crippen molar-refractivity contribution in [3.8, 4) is 0 Å². The zero-order valence-corrected chi connectivity index (χ0v) is 9.65. The van der Waals surface area contributed by atoms with E-state index in [4.69, 9.17) is 4.74 Å². The molecule has 14 heavy (non-hydrogen) atoms. The fraction of sp³-hybridized carbons (Fsp3) is 0.500. The van der Waals surface area contributed by atoms with Gasteiger partial charge in [0.1, 0.15) is 0 Å². The lowest BCUT2D eigenvalue weighted by molar-refractivity contribution is -0.138. The van der Waals surface area contributed by atoms with Crippen LogP contribution in [0, 0.1) is 0 Å². The Balaban J connectivity index is 4.83. The van der Waals surface area contributed by atoms with Gasteiger partial charge in [-0.15, -0.1) is 12.6 Å². The largest absolute Gasteiger partial charge is 0.480 e. The van der Waals surface area contributed by atoms with E-state index in [1.807, 2.05) is 0 Å². The molecule has 0 atom stereocenters. The van der Waals surface area contributed by atoms with Crippen molar-refractivity contribution in [3.05, 3.63) is 11.5 Å². The molecule has 0 radical (unpaired) electrons. The number of hydrogen-bond donors (Lipinski definition) is 2. The maximum Gasteiger partial charge on any atom is 0.347 e. The molecule has 6 heteroatoms. The topological polar surface area (TPSA) is 55.8 Å². The van der Waals surface area contributed by atoms with E-state index >= 15 is 0 Å². The molecule has 4 nitrogen and oxygen atoms in total.